The summed E-state index contributed by atoms with van der Waals surface area (Å²) in [5.41, 5.74) is 1.71. The number of pyridine rings is 1. The zero-order valence-electron chi connectivity index (χ0n) is 12.9. The third-order valence-electron chi connectivity index (χ3n) is 3.85. The molecule has 0 radical (unpaired) electrons. The number of non-ortho nitro benzene ring substituents is 1. The minimum Gasteiger partial charge on any atom is -0.316 e. The summed E-state index contributed by atoms with van der Waals surface area (Å²) in [6.07, 6.45) is 2.40. The van der Waals surface area contributed by atoms with E-state index in [4.69, 9.17) is 0 Å². The number of hydrogen-bond acceptors (Lipinski definition) is 4. The van der Waals surface area contributed by atoms with Gasteiger partial charge in [0.25, 0.3) is 5.69 Å². The molecule has 0 aliphatic carbocycles. The predicted molar refractivity (Wildman–Crippen MR) is 84.4 cm³/mol. The molecule has 5 nitrogen and oxygen atoms in total. The second-order valence-corrected chi connectivity index (χ2v) is 6.31. The summed E-state index contributed by atoms with van der Waals surface area (Å²) < 4.78 is 0. The second-order valence-electron chi connectivity index (χ2n) is 6.31. The van der Waals surface area contributed by atoms with Crippen LogP contribution in [0, 0.1) is 15.5 Å². The van der Waals surface area contributed by atoms with Gasteiger partial charge in [-0.2, -0.15) is 0 Å². The highest BCUT2D eigenvalue weighted by molar-refractivity contribution is 5.89. The van der Waals surface area contributed by atoms with Crippen LogP contribution in [0.5, 0.6) is 0 Å². The summed E-state index contributed by atoms with van der Waals surface area (Å²) in [5.74, 6) is 0. The van der Waals surface area contributed by atoms with Gasteiger partial charge in [-0.25, -0.2) is 4.98 Å². The molecule has 5 heteroatoms. The lowest BCUT2D eigenvalue weighted by molar-refractivity contribution is -0.383. The van der Waals surface area contributed by atoms with E-state index in [1.807, 2.05) is 25.2 Å². The van der Waals surface area contributed by atoms with Crippen LogP contribution in [0.3, 0.4) is 0 Å². The van der Waals surface area contributed by atoms with Gasteiger partial charge in [-0.05, 0) is 30.5 Å². The van der Waals surface area contributed by atoms with Crippen LogP contribution < -0.4 is 5.32 Å². The Hall–Kier alpha value is -2.01. The number of hydrogen-bond donors (Lipinski definition) is 1. The molecule has 2 aromatic rings. The molecule has 1 N–H and O–H groups in total. The van der Waals surface area contributed by atoms with Crippen LogP contribution in [0.1, 0.15) is 26.3 Å². The maximum absolute atomic E-state index is 11.1. The Morgan fingerprint density at radius 3 is 2.62 bits per heavy atom. The number of fused-ring (bicyclic) bond motifs is 1. The molecule has 1 atom stereocenters. The fourth-order valence-corrected chi connectivity index (χ4v) is 2.60. The summed E-state index contributed by atoms with van der Waals surface area (Å²) in [6, 6.07) is 7.40. The number of nitro benzene ring substituents is 1. The molecule has 1 heterocycles. The third kappa shape index (κ3) is 3.19. The van der Waals surface area contributed by atoms with Gasteiger partial charge < -0.3 is 5.32 Å². The van der Waals surface area contributed by atoms with Gasteiger partial charge in [-0.3, -0.25) is 10.1 Å². The molecule has 1 unspecified atom stereocenters. The Labute approximate surface area is 124 Å². The molecule has 0 saturated heterocycles. The molecular weight excluding hydrogens is 266 g/mol. The topological polar surface area (TPSA) is 68.1 Å². The SMILES string of the molecule is CNC(Cc1ccc([N+](=O)[O-])c2ncccc12)C(C)(C)C. The summed E-state index contributed by atoms with van der Waals surface area (Å²) in [7, 11) is 1.95. The van der Waals surface area contributed by atoms with Gasteiger partial charge in [0.15, 0.2) is 0 Å². The Balaban J connectivity index is 2.51. The molecular formula is C16H21N3O2. The highest BCUT2D eigenvalue weighted by atomic mass is 16.6. The van der Waals surface area contributed by atoms with E-state index < -0.39 is 0 Å². The quantitative estimate of drug-likeness (QED) is 0.692. The molecule has 112 valence electrons. The molecule has 1 aromatic heterocycles. The number of nitro groups is 1. The Kier molecular flexibility index (Phi) is 4.23. The van der Waals surface area contributed by atoms with Crippen molar-refractivity contribution in [1.29, 1.82) is 0 Å². The van der Waals surface area contributed by atoms with Gasteiger partial charge in [-0.1, -0.05) is 32.9 Å². The Morgan fingerprint density at radius 1 is 1.33 bits per heavy atom. The first-order valence-corrected chi connectivity index (χ1v) is 7.03. The number of nitrogens with zero attached hydrogens (tertiary/aromatic N) is 2. The highest BCUT2D eigenvalue weighted by Crippen LogP contribution is 2.29. The zero-order chi connectivity index (χ0) is 15.6. The molecule has 0 spiro atoms. The average molecular weight is 287 g/mol. The van der Waals surface area contributed by atoms with Crippen LogP contribution in [0.25, 0.3) is 10.9 Å². The molecule has 21 heavy (non-hydrogen) atoms. The van der Waals surface area contributed by atoms with Crippen molar-refractivity contribution in [3.63, 3.8) is 0 Å². The third-order valence-corrected chi connectivity index (χ3v) is 3.85. The summed E-state index contributed by atoms with van der Waals surface area (Å²) in [5, 5.41) is 15.3. The first-order valence-electron chi connectivity index (χ1n) is 7.03. The molecule has 0 saturated carbocycles. The van der Waals surface area contributed by atoms with Gasteiger partial charge in [0.1, 0.15) is 5.52 Å². The average Bonchev–Trinajstić information content (AvgIpc) is 2.42. The number of likely N-dealkylation sites (N-methyl/N-ethyl adjacent to an activating group) is 1. The van der Waals surface area contributed by atoms with Gasteiger partial charge in [0.2, 0.25) is 0 Å². The maximum atomic E-state index is 11.1. The van der Waals surface area contributed by atoms with Crippen molar-refractivity contribution >= 4 is 16.6 Å². The fraction of sp³-hybridized carbons (Fsp3) is 0.438. The van der Waals surface area contributed by atoms with Crippen molar-refractivity contribution in [2.24, 2.45) is 5.41 Å². The fourth-order valence-electron chi connectivity index (χ4n) is 2.60. The highest BCUT2D eigenvalue weighted by Gasteiger charge is 2.25. The minimum atomic E-state index is -0.377. The second kappa shape index (κ2) is 5.77. The molecule has 0 fully saturated rings. The van der Waals surface area contributed by atoms with E-state index in [2.05, 4.69) is 31.1 Å². The van der Waals surface area contributed by atoms with Crippen molar-refractivity contribution in [3.05, 3.63) is 46.1 Å². The lowest BCUT2D eigenvalue weighted by Gasteiger charge is -2.30. The number of nitrogens with one attached hydrogen (secondary N) is 1. The van der Waals surface area contributed by atoms with E-state index in [0.29, 0.717) is 5.52 Å². The lowest BCUT2D eigenvalue weighted by Crippen LogP contribution is -2.39. The Bertz CT molecular complexity index is 662. The minimum absolute atomic E-state index is 0.0612. The predicted octanol–water partition coefficient (Wildman–Crippen LogP) is 3.32. The van der Waals surface area contributed by atoms with Crippen molar-refractivity contribution < 1.29 is 4.92 Å². The van der Waals surface area contributed by atoms with Crippen LogP contribution in [0.15, 0.2) is 30.5 Å². The van der Waals surface area contributed by atoms with Crippen LogP contribution in [0.2, 0.25) is 0 Å². The number of benzene rings is 1. The standard InChI is InChI=1S/C16H21N3O2/c1-16(2,3)14(17-4)10-11-7-8-13(19(20)21)15-12(11)6-5-9-18-15/h5-9,14,17H,10H2,1-4H3. The number of rotatable bonds is 4. The monoisotopic (exact) mass is 287 g/mol. The van der Waals surface area contributed by atoms with Crippen LogP contribution in [-0.4, -0.2) is 23.0 Å². The van der Waals surface area contributed by atoms with E-state index in [1.54, 1.807) is 12.3 Å². The molecule has 0 bridgehead atoms. The first-order chi connectivity index (χ1) is 9.84. The maximum Gasteiger partial charge on any atom is 0.295 e. The van der Waals surface area contributed by atoms with E-state index in [-0.39, 0.29) is 22.1 Å². The van der Waals surface area contributed by atoms with Crippen LogP contribution in [0.4, 0.5) is 5.69 Å². The largest absolute Gasteiger partial charge is 0.316 e. The van der Waals surface area contributed by atoms with Crippen molar-refractivity contribution in [2.75, 3.05) is 7.05 Å². The van der Waals surface area contributed by atoms with E-state index in [0.717, 1.165) is 17.4 Å². The normalized spacial score (nSPS) is 13.3. The zero-order valence-corrected chi connectivity index (χ0v) is 12.9. The summed E-state index contributed by atoms with van der Waals surface area (Å²) >= 11 is 0. The summed E-state index contributed by atoms with van der Waals surface area (Å²) in [4.78, 5) is 14.9. The lowest BCUT2D eigenvalue weighted by atomic mass is 9.82. The molecule has 1 aromatic carbocycles. The molecule has 2 rings (SSSR count). The molecule has 0 amide bonds. The van der Waals surface area contributed by atoms with Gasteiger partial charge in [0.05, 0.1) is 4.92 Å². The summed E-state index contributed by atoms with van der Waals surface area (Å²) in [6.45, 7) is 6.54. The van der Waals surface area contributed by atoms with Crippen molar-refractivity contribution in [1.82, 2.24) is 10.3 Å². The number of aromatic nitrogens is 1. The molecule has 0 aliphatic rings. The van der Waals surface area contributed by atoms with Gasteiger partial charge in [0, 0.05) is 23.7 Å². The van der Waals surface area contributed by atoms with E-state index in [1.165, 1.54) is 0 Å². The van der Waals surface area contributed by atoms with Crippen molar-refractivity contribution in [2.45, 2.75) is 33.2 Å². The van der Waals surface area contributed by atoms with Gasteiger partial charge >= 0.3 is 0 Å². The molecule has 0 aliphatic heterocycles. The van der Waals surface area contributed by atoms with Gasteiger partial charge in [-0.15, -0.1) is 0 Å². The van der Waals surface area contributed by atoms with E-state index >= 15 is 0 Å². The smallest absolute Gasteiger partial charge is 0.295 e. The Morgan fingerprint density at radius 2 is 2.05 bits per heavy atom. The van der Waals surface area contributed by atoms with E-state index in [9.17, 15) is 10.1 Å². The van der Waals surface area contributed by atoms with Crippen molar-refractivity contribution in [3.8, 4) is 0 Å². The van der Waals surface area contributed by atoms with Crippen LogP contribution >= 0.6 is 0 Å². The van der Waals surface area contributed by atoms with Crippen LogP contribution in [-0.2, 0) is 6.42 Å². The first kappa shape index (κ1) is 15.4.